The Morgan fingerprint density at radius 2 is 1.91 bits per heavy atom. The molecular weight excluding hydrogens is 348 g/mol. The summed E-state index contributed by atoms with van der Waals surface area (Å²) in [6.45, 7) is 0.435. The van der Waals surface area contributed by atoms with Crippen molar-refractivity contribution in [3.8, 4) is 0 Å². The summed E-state index contributed by atoms with van der Waals surface area (Å²) in [6.07, 6.45) is 3.21. The smallest absolute Gasteiger partial charge is 0.287 e. The van der Waals surface area contributed by atoms with Gasteiger partial charge in [-0.1, -0.05) is 30.3 Å². The van der Waals surface area contributed by atoms with Gasteiger partial charge in [-0.25, -0.2) is 0 Å². The van der Waals surface area contributed by atoms with Gasteiger partial charge in [0.15, 0.2) is 10.4 Å². The molecule has 7 heteroatoms. The number of rotatable bonds is 5. The Kier molecular flexibility index (Phi) is 4.34. The van der Waals surface area contributed by atoms with E-state index in [1.54, 1.807) is 24.5 Å². The molecule has 1 aromatic carbocycles. The van der Waals surface area contributed by atoms with E-state index in [9.17, 15) is 4.79 Å². The summed E-state index contributed by atoms with van der Waals surface area (Å²) < 4.78 is 5.80. The second kappa shape index (κ2) is 6.57. The van der Waals surface area contributed by atoms with Crippen molar-refractivity contribution in [1.29, 1.82) is 0 Å². The highest BCUT2D eigenvalue weighted by Gasteiger charge is 2.19. The van der Waals surface area contributed by atoms with Crippen LogP contribution >= 0.6 is 15.9 Å². The van der Waals surface area contributed by atoms with E-state index in [1.807, 2.05) is 30.3 Å². The maximum Gasteiger partial charge on any atom is 0.287 e. The largest absolute Gasteiger partial charge is 0.444 e. The van der Waals surface area contributed by atoms with Crippen molar-refractivity contribution in [3.63, 3.8) is 0 Å². The normalized spacial score (nSPS) is 12.0. The van der Waals surface area contributed by atoms with Gasteiger partial charge in [0.25, 0.3) is 5.91 Å². The minimum atomic E-state index is -0.285. The lowest BCUT2D eigenvalue weighted by Gasteiger charge is -2.18. The van der Waals surface area contributed by atoms with Gasteiger partial charge in [-0.3, -0.25) is 4.79 Å². The minimum Gasteiger partial charge on any atom is -0.444 e. The average molecular weight is 361 g/mol. The molecule has 3 rings (SSSR count). The summed E-state index contributed by atoms with van der Waals surface area (Å²) in [5.41, 5.74) is 0.971. The topological polar surface area (TPSA) is 73.0 Å². The number of nitrogens with zero attached hydrogens (tertiary/aromatic N) is 3. The fraction of sp³-hybridized carbons (Fsp3) is 0.133. The van der Waals surface area contributed by atoms with Crippen LogP contribution in [0.4, 0.5) is 0 Å². The molecule has 1 N–H and O–H groups in total. The number of carbonyl (C=O) groups is 1. The van der Waals surface area contributed by atoms with E-state index < -0.39 is 0 Å². The number of halogens is 1. The molecule has 0 spiro atoms. The van der Waals surface area contributed by atoms with E-state index in [2.05, 4.69) is 31.4 Å². The van der Waals surface area contributed by atoms with Crippen LogP contribution in [-0.4, -0.2) is 20.9 Å². The Bertz CT molecular complexity index is 740. The van der Waals surface area contributed by atoms with Crippen molar-refractivity contribution in [2.75, 3.05) is 0 Å². The molecule has 112 valence electrons. The van der Waals surface area contributed by atoms with Gasteiger partial charge in [0, 0.05) is 0 Å². The van der Waals surface area contributed by atoms with Gasteiger partial charge in [0.2, 0.25) is 0 Å². The lowest BCUT2D eigenvalue weighted by Crippen LogP contribution is -2.31. The van der Waals surface area contributed by atoms with Crippen LogP contribution in [0.3, 0.4) is 0 Å². The number of nitrogens with one attached hydrogen (secondary N) is 1. The Morgan fingerprint density at radius 3 is 2.55 bits per heavy atom. The maximum absolute atomic E-state index is 12.3. The predicted molar refractivity (Wildman–Crippen MR) is 83.1 cm³/mol. The number of hydrogen-bond donors (Lipinski definition) is 1. The van der Waals surface area contributed by atoms with E-state index in [1.165, 1.54) is 4.80 Å². The summed E-state index contributed by atoms with van der Waals surface area (Å²) in [7, 11) is 0. The van der Waals surface area contributed by atoms with Gasteiger partial charge in [-0.15, -0.1) is 0 Å². The molecule has 3 aromatic rings. The minimum absolute atomic E-state index is 0.251. The van der Waals surface area contributed by atoms with Crippen molar-refractivity contribution in [2.24, 2.45) is 0 Å². The zero-order valence-electron chi connectivity index (χ0n) is 11.5. The maximum atomic E-state index is 12.3. The number of aromatic nitrogens is 3. The van der Waals surface area contributed by atoms with E-state index in [4.69, 9.17) is 4.42 Å². The molecular formula is C15H13BrN4O2. The van der Waals surface area contributed by atoms with Crippen LogP contribution in [0.15, 0.2) is 63.9 Å². The molecule has 0 saturated heterocycles. The third kappa shape index (κ3) is 3.43. The molecule has 1 unspecified atom stereocenters. The highest BCUT2D eigenvalue weighted by Crippen LogP contribution is 2.18. The van der Waals surface area contributed by atoms with Gasteiger partial charge in [-0.05, 0) is 33.6 Å². The molecule has 1 atom stereocenters. The zero-order chi connectivity index (χ0) is 15.4. The molecule has 0 aliphatic heterocycles. The first-order valence-corrected chi connectivity index (χ1v) is 7.47. The van der Waals surface area contributed by atoms with Crippen LogP contribution in [0.2, 0.25) is 0 Å². The third-order valence-electron chi connectivity index (χ3n) is 3.12. The van der Waals surface area contributed by atoms with Gasteiger partial charge in [0.1, 0.15) is 0 Å². The second-order valence-electron chi connectivity index (χ2n) is 4.62. The first-order chi connectivity index (χ1) is 10.7. The van der Waals surface area contributed by atoms with Crippen LogP contribution in [0.25, 0.3) is 0 Å². The van der Waals surface area contributed by atoms with Crippen molar-refractivity contribution in [1.82, 2.24) is 20.3 Å². The van der Waals surface area contributed by atoms with Crippen molar-refractivity contribution < 1.29 is 9.21 Å². The van der Waals surface area contributed by atoms with Crippen molar-refractivity contribution >= 4 is 21.8 Å². The van der Waals surface area contributed by atoms with Gasteiger partial charge in [-0.2, -0.15) is 15.0 Å². The summed E-state index contributed by atoms with van der Waals surface area (Å²) in [5, 5.41) is 11.1. The average Bonchev–Trinajstić information content (AvgIpc) is 3.19. The summed E-state index contributed by atoms with van der Waals surface area (Å²) in [5.74, 6) is -0.0343. The van der Waals surface area contributed by atoms with Crippen LogP contribution < -0.4 is 5.32 Å². The number of furan rings is 1. The summed E-state index contributed by atoms with van der Waals surface area (Å²) in [4.78, 5) is 13.8. The lowest BCUT2D eigenvalue weighted by molar-refractivity contribution is 0.0901. The van der Waals surface area contributed by atoms with E-state index in [0.717, 1.165) is 5.56 Å². The Balaban J connectivity index is 1.80. The number of amides is 1. The predicted octanol–water partition coefficient (Wildman–Crippen LogP) is 2.80. The molecule has 0 fully saturated rings. The number of carbonyl (C=O) groups excluding carboxylic acids is 1. The first kappa shape index (κ1) is 14.5. The van der Waals surface area contributed by atoms with Gasteiger partial charge in [0.05, 0.1) is 25.0 Å². The fourth-order valence-electron chi connectivity index (χ4n) is 2.09. The molecule has 1 amide bonds. The van der Waals surface area contributed by atoms with Crippen LogP contribution in [0, 0.1) is 0 Å². The summed E-state index contributed by atoms with van der Waals surface area (Å²) >= 11 is 3.19. The fourth-order valence-corrected chi connectivity index (χ4v) is 2.39. The molecule has 0 saturated carbocycles. The van der Waals surface area contributed by atoms with Crippen LogP contribution in [-0.2, 0) is 6.54 Å². The van der Waals surface area contributed by atoms with Crippen LogP contribution in [0.5, 0.6) is 0 Å². The summed E-state index contributed by atoms with van der Waals surface area (Å²) in [6, 6.07) is 12.7. The Morgan fingerprint density at radius 1 is 1.18 bits per heavy atom. The molecule has 0 aliphatic carbocycles. The highest BCUT2D eigenvalue weighted by molar-refractivity contribution is 9.10. The molecule has 6 nitrogen and oxygen atoms in total. The number of hydrogen-bond acceptors (Lipinski definition) is 4. The number of benzene rings is 1. The zero-order valence-corrected chi connectivity index (χ0v) is 13.1. The van der Waals surface area contributed by atoms with E-state index >= 15 is 0 Å². The van der Waals surface area contributed by atoms with Gasteiger partial charge < -0.3 is 9.73 Å². The first-order valence-electron chi connectivity index (χ1n) is 6.67. The SMILES string of the molecule is O=C(NC(Cn1nccn1)c1ccccc1)c1ccc(Br)o1. The highest BCUT2D eigenvalue weighted by atomic mass is 79.9. The quantitative estimate of drug-likeness (QED) is 0.759. The molecule has 0 aliphatic rings. The van der Waals surface area contributed by atoms with Crippen molar-refractivity contribution in [2.45, 2.75) is 12.6 Å². The van der Waals surface area contributed by atoms with E-state index in [-0.39, 0.29) is 17.7 Å². The Hall–Kier alpha value is -2.41. The van der Waals surface area contributed by atoms with E-state index in [0.29, 0.717) is 11.2 Å². The molecule has 2 aromatic heterocycles. The molecule has 22 heavy (non-hydrogen) atoms. The molecule has 0 radical (unpaired) electrons. The third-order valence-corrected chi connectivity index (χ3v) is 3.54. The Labute approximate surface area is 135 Å². The second-order valence-corrected chi connectivity index (χ2v) is 5.41. The lowest BCUT2D eigenvalue weighted by atomic mass is 10.1. The van der Waals surface area contributed by atoms with Gasteiger partial charge >= 0.3 is 0 Å². The molecule has 2 heterocycles. The van der Waals surface area contributed by atoms with Crippen LogP contribution in [0.1, 0.15) is 22.2 Å². The van der Waals surface area contributed by atoms with Crippen molar-refractivity contribution in [3.05, 3.63) is 70.9 Å². The monoisotopic (exact) mass is 360 g/mol. The molecule has 0 bridgehead atoms. The standard InChI is InChI=1S/C15H13BrN4O2/c16-14-7-6-13(22-14)15(21)19-12(10-20-17-8-9-18-20)11-4-2-1-3-5-11/h1-9,12H,10H2,(H,19,21).